The van der Waals surface area contributed by atoms with E-state index in [0.717, 1.165) is 12.1 Å². The van der Waals surface area contributed by atoms with Crippen molar-refractivity contribution in [3.8, 4) is 5.69 Å². The highest BCUT2D eigenvalue weighted by Crippen LogP contribution is 2.17. The van der Waals surface area contributed by atoms with E-state index in [4.69, 9.17) is 4.74 Å². The van der Waals surface area contributed by atoms with E-state index in [-0.39, 0.29) is 10.9 Å². The molecule has 2 heterocycles. The number of amides is 1. The summed E-state index contributed by atoms with van der Waals surface area (Å²) in [5.74, 6) is -0.0382. The van der Waals surface area contributed by atoms with Crippen LogP contribution in [0.15, 0.2) is 47.5 Å². The average molecular weight is 367 g/mol. The monoisotopic (exact) mass is 367 g/mol. The first-order valence-corrected chi connectivity index (χ1v) is 8.58. The predicted molar refractivity (Wildman–Crippen MR) is 104 cm³/mol. The van der Waals surface area contributed by atoms with Gasteiger partial charge in [0.25, 0.3) is 5.91 Å². The summed E-state index contributed by atoms with van der Waals surface area (Å²) in [6, 6.07) is 9.41. The van der Waals surface area contributed by atoms with Crippen molar-refractivity contribution in [3.63, 3.8) is 0 Å². The van der Waals surface area contributed by atoms with Crippen molar-refractivity contribution in [3.05, 3.63) is 58.5 Å². The average Bonchev–Trinajstić information content (AvgIpc) is 2.71. The second-order valence-corrected chi connectivity index (χ2v) is 5.86. The molecule has 2 aromatic heterocycles. The molecule has 1 amide bonds. The summed E-state index contributed by atoms with van der Waals surface area (Å²) in [6.07, 6.45) is 3.77. The van der Waals surface area contributed by atoms with Gasteiger partial charge in [0.15, 0.2) is 5.65 Å². The standard InChI is InChI=1S/C19H21N5O3/c1-20-18(26)15-12-24(13-7-4-3-5-8-13)17-14(16(15)25)11-22-19(23-17)21-9-6-10-27-2/h3-5,7-8,11-12H,6,9-10H2,1-2H3,(H,20,26)(H,21,22,23). The number of nitrogens with zero attached hydrogens (tertiary/aromatic N) is 3. The fourth-order valence-corrected chi connectivity index (χ4v) is 2.69. The lowest BCUT2D eigenvalue weighted by molar-refractivity contribution is 0.0961. The Hall–Kier alpha value is -3.26. The highest BCUT2D eigenvalue weighted by Gasteiger charge is 2.17. The molecule has 8 nitrogen and oxygen atoms in total. The largest absolute Gasteiger partial charge is 0.385 e. The van der Waals surface area contributed by atoms with E-state index in [9.17, 15) is 9.59 Å². The SMILES string of the molecule is CNC(=O)c1cn(-c2ccccc2)c2nc(NCCCOC)ncc2c1=O. The molecule has 8 heteroatoms. The van der Waals surface area contributed by atoms with E-state index in [1.165, 1.54) is 19.4 Å². The Labute approximate surface area is 156 Å². The topological polar surface area (TPSA) is 98.1 Å². The highest BCUT2D eigenvalue weighted by molar-refractivity contribution is 5.97. The Morgan fingerprint density at radius 1 is 1.26 bits per heavy atom. The van der Waals surface area contributed by atoms with Gasteiger partial charge in [0, 0.05) is 45.4 Å². The minimum Gasteiger partial charge on any atom is -0.385 e. The second kappa shape index (κ2) is 8.41. The number of hydrogen-bond acceptors (Lipinski definition) is 6. The number of nitrogens with one attached hydrogen (secondary N) is 2. The summed E-state index contributed by atoms with van der Waals surface area (Å²) >= 11 is 0. The van der Waals surface area contributed by atoms with Crippen molar-refractivity contribution in [1.29, 1.82) is 0 Å². The molecule has 0 unspecified atom stereocenters. The van der Waals surface area contributed by atoms with Crippen LogP contribution in [0.1, 0.15) is 16.8 Å². The van der Waals surface area contributed by atoms with Crippen LogP contribution in [-0.2, 0) is 4.74 Å². The number of fused-ring (bicyclic) bond motifs is 1. The molecule has 0 bridgehead atoms. The maximum atomic E-state index is 12.7. The molecule has 0 spiro atoms. The zero-order valence-corrected chi connectivity index (χ0v) is 15.2. The number of carbonyl (C=O) groups excluding carboxylic acids is 1. The number of carbonyl (C=O) groups is 1. The van der Waals surface area contributed by atoms with Gasteiger partial charge in [0.05, 0.1) is 5.39 Å². The third-order valence-corrected chi connectivity index (χ3v) is 4.06. The van der Waals surface area contributed by atoms with Crippen LogP contribution < -0.4 is 16.1 Å². The summed E-state index contributed by atoms with van der Waals surface area (Å²) in [6.45, 7) is 1.27. The minimum atomic E-state index is -0.451. The van der Waals surface area contributed by atoms with Crippen molar-refractivity contribution in [2.24, 2.45) is 0 Å². The van der Waals surface area contributed by atoms with Crippen LogP contribution in [0.2, 0.25) is 0 Å². The van der Waals surface area contributed by atoms with E-state index < -0.39 is 11.3 Å². The van der Waals surface area contributed by atoms with Gasteiger partial charge in [-0.15, -0.1) is 0 Å². The van der Waals surface area contributed by atoms with Crippen molar-refractivity contribution >= 4 is 22.9 Å². The lowest BCUT2D eigenvalue weighted by Gasteiger charge is -2.13. The molecule has 0 radical (unpaired) electrons. The van der Waals surface area contributed by atoms with Gasteiger partial charge >= 0.3 is 0 Å². The minimum absolute atomic E-state index is 0.0401. The molecular weight excluding hydrogens is 346 g/mol. The number of anilines is 1. The van der Waals surface area contributed by atoms with E-state index in [1.54, 1.807) is 11.7 Å². The molecule has 0 saturated heterocycles. The lowest BCUT2D eigenvalue weighted by Crippen LogP contribution is -2.27. The molecule has 0 atom stereocenters. The maximum Gasteiger partial charge on any atom is 0.256 e. The number of ether oxygens (including phenoxy) is 1. The zero-order chi connectivity index (χ0) is 19.2. The number of hydrogen-bond donors (Lipinski definition) is 2. The molecule has 0 saturated carbocycles. The van der Waals surface area contributed by atoms with Crippen molar-refractivity contribution in [1.82, 2.24) is 19.9 Å². The van der Waals surface area contributed by atoms with Crippen molar-refractivity contribution in [2.75, 3.05) is 32.6 Å². The number of methoxy groups -OCH3 is 1. The Kier molecular flexibility index (Phi) is 5.77. The summed E-state index contributed by atoms with van der Waals surface area (Å²) in [5, 5.41) is 5.90. The van der Waals surface area contributed by atoms with Crippen LogP contribution >= 0.6 is 0 Å². The quantitative estimate of drug-likeness (QED) is 0.616. The molecule has 140 valence electrons. The van der Waals surface area contributed by atoms with Crippen molar-refractivity contribution in [2.45, 2.75) is 6.42 Å². The fraction of sp³-hybridized carbons (Fsp3) is 0.263. The molecular formula is C19H21N5O3. The van der Waals surface area contributed by atoms with Crippen molar-refractivity contribution < 1.29 is 9.53 Å². The first-order valence-electron chi connectivity index (χ1n) is 8.58. The Bertz CT molecular complexity index is 1000. The highest BCUT2D eigenvalue weighted by atomic mass is 16.5. The summed E-state index contributed by atoms with van der Waals surface area (Å²) in [4.78, 5) is 33.6. The van der Waals surface area contributed by atoms with Gasteiger partial charge in [-0.05, 0) is 18.6 Å². The third kappa shape index (κ3) is 3.95. The third-order valence-electron chi connectivity index (χ3n) is 4.06. The van der Waals surface area contributed by atoms with Gasteiger partial charge in [-0.2, -0.15) is 4.98 Å². The number of rotatable bonds is 7. The van der Waals surface area contributed by atoms with Crippen LogP contribution in [0.4, 0.5) is 5.95 Å². The smallest absolute Gasteiger partial charge is 0.256 e. The van der Waals surface area contributed by atoms with E-state index in [0.29, 0.717) is 24.7 Å². The number of pyridine rings is 1. The number of benzene rings is 1. The number of para-hydroxylation sites is 1. The van der Waals surface area contributed by atoms with Crippen LogP contribution in [0.3, 0.4) is 0 Å². The van der Waals surface area contributed by atoms with Crippen LogP contribution in [-0.4, -0.2) is 47.8 Å². The van der Waals surface area contributed by atoms with Crippen LogP contribution in [0.5, 0.6) is 0 Å². The van der Waals surface area contributed by atoms with E-state index in [1.807, 2.05) is 30.3 Å². The van der Waals surface area contributed by atoms with Gasteiger partial charge in [0.1, 0.15) is 5.56 Å². The molecule has 0 aliphatic carbocycles. The zero-order valence-electron chi connectivity index (χ0n) is 15.2. The molecule has 3 rings (SSSR count). The Morgan fingerprint density at radius 3 is 2.74 bits per heavy atom. The van der Waals surface area contributed by atoms with Gasteiger partial charge in [-0.1, -0.05) is 18.2 Å². The summed E-state index contributed by atoms with van der Waals surface area (Å²) in [5.41, 5.74) is 0.862. The van der Waals surface area contributed by atoms with Gasteiger partial charge < -0.3 is 19.9 Å². The Morgan fingerprint density at radius 2 is 2.04 bits per heavy atom. The van der Waals surface area contributed by atoms with Crippen LogP contribution in [0.25, 0.3) is 16.7 Å². The molecule has 3 aromatic rings. The number of aromatic nitrogens is 3. The molecule has 1 aromatic carbocycles. The molecule has 2 N–H and O–H groups in total. The fourth-order valence-electron chi connectivity index (χ4n) is 2.69. The molecule has 0 aliphatic rings. The van der Waals surface area contributed by atoms with Gasteiger partial charge in [-0.25, -0.2) is 4.98 Å². The summed E-state index contributed by atoms with van der Waals surface area (Å²) in [7, 11) is 3.14. The first kappa shape index (κ1) is 18.5. The van der Waals surface area contributed by atoms with E-state index in [2.05, 4.69) is 20.6 Å². The second-order valence-electron chi connectivity index (χ2n) is 5.86. The lowest BCUT2D eigenvalue weighted by atomic mass is 10.2. The summed E-state index contributed by atoms with van der Waals surface area (Å²) < 4.78 is 6.75. The molecule has 0 aliphatic heterocycles. The van der Waals surface area contributed by atoms with Gasteiger partial charge in [0.2, 0.25) is 11.4 Å². The van der Waals surface area contributed by atoms with Gasteiger partial charge in [-0.3, -0.25) is 9.59 Å². The first-order chi connectivity index (χ1) is 13.2. The maximum absolute atomic E-state index is 12.7. The normalized spacial score (nSPS) is 10.7. The molecule has 27 heavy (non-hydrogen) atoms. The predicted octanol–water partition coefficient (Wildman–Crippen LogP) is 1.59. The Balaban J connectivity index is 2.14. The molecule has 0 fully saturated rings. The van der Waals surface area contributed by atoms with E-state index >= 15 is 0 Å². The van der Waals surface area contributed by atoms with Crippen LogP contribution in [0, 0.1) is 0 Å².